The van der Waals surface area contributed by atoms with Crippen molar-refractivity contribution in [2.75, 3.05) is 19.9 Å². The van der Waals surface area contributed by atoms with Gasteiger partial charge >= 0.3 is 0 Å². The molecule has 0 aromatic heterocycles. The number of hydrogen-bond acceptors (Lipinski definition) is 2. The highest BCUT2D eigenvalue weighted by molar-refractivity contribution is 4.29. The Labute approximate surface area is 36.6 Å². The van der Waals surface area contributed by atoms with Gasteiger partial charge in [0.05, 0.1) is 6.61 Å². The van der Waals surface area contributed by atoms with Crippen LogP contribution in [0.4, 0.5) is 0 Å². The van der Waals surface area contributed by atoms with Crippen LogP contribution in [0.1, 0.15) is 0 Å². The number of aliphatic hydroxyl groups excluding tert-OH is 2. The van der Waals surface area contributed by atoms with E-state index in [1.807, 2.05) is 0 Å². The minimum Gasteiger partial charge on any atom is -0.395 e. The van der Waals surface area contributed by atoms with E-state index < -0.39 is 0 Å². The van der Waals surface area contributed by atoms with Crippen molar-refractivity contribution in [3.63, 3.8) is 0 Å². The van der Waals surface area contributed by atoms with Gasteiger partial charge in [0.2, 0.25) is 0 Å². The van der Waals surface area contributed by atoms with Crippen molar-refractivity contribution >= 4 is 0 Å². The Morgan fingerprint density at radius 1 is 1.33 bits per heavy atom. The SMILES string of the molecule is OCC[N]CO. The lowest BCUT2D eigenvalue weighted by Gasteiger charge is -1.87. The van der Waals surface area contributed by atoms with Crippen molar-refractivity contribution in [2.24, 2.45) is 0 Å². The molecule has 1 radical (unpaired) electrons. The fourth-order valence-electron chi connectivity index (χ4n) is 0.141. The van der Waals surface area contributed by atoms with Crippen LogP contribution in [0.3, 0.4) is 0 Å². The van der Waals surface area contributed by atoms with Gasteiger partial charge in [0.15, 0.2) is 0 Å². The second-order valence-corrected chi connectivity index (χ2v) is 0.812. The Kier molecular flexibility index (Phi) is 4.78. The van der Waals surface area contributed by atoms with E-state index in [9.17, 15) is 0 Å². The van der Waals surface area contributed by atoms with Gasteiger partial charge in [0.1, 0.15) is 6.73 Å². The molecule has 0 unspecified atom stereocenters. The van der Waals surface area contributed by atoms with E-state index in [0.29, 0.717) is 6.54 Å². The van der Waals surface area contributed by atoms with Gasteiger partial charge in [-0.15, -0.1) is 0 Å². The third kappa shape index (κ3) is 3.88. The van der Waals surface area contributed by atoms with Crippen LogP contribution in [0.25, 0.3) is 0 Å². The number of nitrogens with zero attached hydrogens (tertiary/aromatic N) is 1. The standard InChI is InChI=1S/C3H8NO2/c5-2-1-4-3-6/h5-6H,1-3H2. The maximum atomic E-state index is 7.99. The van der Waals surface area contributed by atoms with E-state index in [-0.39, 0.29) is 13.3 Å². The van der Waals surface area contributed by atoms with Crippen LogP contribution < -0.4 is 5.32 Å². The Morgan fingerprint density at radius 3 is 2.17 bits per heavy atom. The molecule has 0 bridgehead atoms. The van der Waals surface area contributed by atoms with Crippen molar-refractivity contribution in [3.8, 4) is 0 Å². The lowest BCUT2D eigenvalue weighted by Crippen LogP contribution is -2.10. The molecule has 3 nitrogen and oxygen atoms in total. The van der Waals surface area contributed by atoms with Gasteiger partial charge in [0.25, 0.3) is 0 Å². The molecule has 0 aliphatic carbocycles. The Bertz CT molecular complexity index is 20.8. The maximum Gasteiger partial charge on any atom is 0.109 e. The predicted molar refractivity (Wildman–Crippen MR) is 21.2 cm³/mol. The third-order valence-electron chi connectivity index (χ3n) is 0.358. The Balaban J connectivity index is 2.34. The van der Waals surface area contributed by atoms with E-state index in [1.54, 1.807) is 0 Å². The van der Waals surface area contributed by atoms with E-state index in [1.165, 1.54) is 0 Å². The number of hydrogen-bond donors (Lipinski definition) is 2. The summed E-state index contributed by atoms with van der Waals surface area (Å²) in [4.78, 5) is 0. The highest BCUT2D eigenvalue weighted by Gasteiger charge is 1.75. The summed E-state index contributed by atoms with van der Waals surface area (Å²) in [6.07, 6.45) is 0. The van der Waals surface area contributed by atoms with Crippen molar-refractivity contribution in [2.45, 2.75) is 0 Å². The topological polar surface area (TPSA) is 54.6 Å². The minimum absolute atomic E-state index is 0.0283. The summed E-state index contributed by atoms with van der Waals surface area (Å²) in [5, 5.41) is 19.3. The lowest BCUT2D eigenvalue weighted by molar-refractivity contribution is 0.226. The van der Waals surface area contributed by atoms with Gasteiger partial charge in [-0.3, -0.25) is 0 Å². The second-order valence-electron chi connectivity index (χ2n) is 0.812. The van der Waals surface area contributed by atoms with Gasteiger partial charge in [-0.2, -0.15) is 0 Å². The molecule has 0 saturated carbocycles. The number of aliphatic hydroxyl groups is 2. The van der Waals surface area contributed by atoms with Crippen molar-refractivity contribution in [1.82, 2.24) is 5.32 Å². The zero-order chi connectivity index (χ0) is 4.83. The molecule has 0 aliphatic rings. The molecule has 0 aromatic carbocycles. The second kappa shape index (κ2) is 4.88. The summed E-state index contributed by atoms with van der Waals surface area (Å²) >= 11 is 0. The predicted octanol–water partition coefficient (Wildman–Crippen LogP) is -1.47. The molecule has 0 amide bonds. The summed E-state index contributed by atoms with van der Waals surface area (Å²) in [7, 11) is 0. The van der Waals surface area contributed by atoms with E-state index in [4.69, 9.17) is 10.2 Å². The minimum atomic E-state index is -0.180. The highest BCUT2D eigenvalue weighted by Crippen LogP contribution is 1.52. The fraction of sp³-hybridized carbons (Fsp3) is 1.00. The quantitative estimate of drug-likeness (QED) is 0.416. The smallest absolute Gasteiger partial charge is 0.109 e. The molecule has 0 fully saturated rings. The van der Waals surface area contributed by atoms with Gasteiger partial charge < -0.3 is 10.2 Å². The first kappa shape index (κ1) is 5.88. The Morgan fingerprint density at radius 2 is 2.00 bits per heavy atom. The molecule has 0 aromatic rings. The highest BCUT2D eigenvalue weighted by atomic mass is 16.3. The van der Waals surface area contributed by atoms with Gasteiger partial charge in [0, 0.05) is 6.54 Å². The molecule has 2 N–H and O–H groups in total. The molecule has 0 atom stereocenters. The van der Waals surface area contributed by atoms with Crippen LogP contribution in [0.5, 0.6) is 0 Å². The summed E-state index contributed by atoms with van der Waals surface area (Å²) in [6.45, 7) is 0.192. The van der Waals surface area contributed by atoms with Crippen LogP contribution in [0.15, 0.2) is 0 Å². The summed E-state index contributed by atoms with van der Waals surface area (Å²) in [6, 6.07) is 0. The molecule has 0 aliphatic heterocycles. The van der Waals surface area contributed by atoms with Crippen LogP contribution in [-0.2, 0) is 0 Å². The van der Waals surface area contributed by atoms with Crippen LogP contribution in [-0.4, -0.2) is 30.1 Å². The van der Waals surface area contributed by atoms with Crippen molar-refractivity contribution in [1.29, 1.82) is 0 Å². The first-order valence-corrected chi connectivity index (χ1v) is 1.76. The van der Waals surface area contributed by atoms with Gasteiger partial charge in [-0.25, -0.2) is 5.32 Å². The summed E-state index contributed by atoms with van der Waals surface area (Å²) in [5.41, 5.74) is 0. The van der Waals surface area contributed by atoms with Crippen molar-refractivity contribution in [3.05, 3.63) is 0 Å². The monoisotopic (exact) mass is 90.1 g/mol. The van der Waals surface area contributed by atoms with Gasteiger partial charge in [-0.05, 0) is 0 Å². The Hall–Kier alpha value is -0.120. The summed E-state index contributed by atoms with van der Waals surface area (Å²) in [5.74, 6) is 0. The van der Waals surface area contributed by atoms with Crippen molar-refractivity contribution < 1.29 is 10.2 Å². The molecule has 0 saturated heterocycles. The maximum absolute atomic E-state index is 7.99. The average Bonchev–Trinajstić information content (AvgIpc) is 1.61. The number of rotatable bonds is 3. The van der Waals surface area contributed by atoms with E-state index in [0.717, 1.165) is 0 Å². The molecule has 0 rings (SSSR count). The van der Waals surface area contributed by atoms with Gasteiger partial charge in [-0.1, -0.05) is 0 Å². The first-order chi connectivity index (χ1) is 2.91. The van der Waals surface area contributed by atoms with Crippen LogP contribution in [0.2, 0.25) is 0 Å². The molecule has 6 heavy (non-hydrogen) atoms. The summed E-state index contributed by atoms with van der Waals surface area (Å²) < 4.78 is 0. The first-order valence-electron chi connectivity index (χ1n) is 1.76. The van der Waals surface area contributed by atoms with Crippen LogP contribution >= 0.6 is 0 Å². The largest absolute Gasteiger partial charge is 0.395 e. The molecule has 0 spiro atoms. The van der Waals surface area contributed by atoms with E-state index in [2.05, 4.69) is 5.32 Å². The zero-order valence-electron chi connectivity index (χ0n) is 3.46. The fourth-order valence-corrected chi connectivity index (χ4v) is 0.141. The molecule has 37 valence electrons. The van der Waals surface area contributed by atoms with E-state index >= 15 is 0 Å². The lowest BCUT2D eigenvalue weighted by atomic mass is 10.7. The normalized spacial score (nSPS) is 9.00. The average molecular weight is 90.1 g/mol. The molecule has 0 heterocycles. The zero-order valence-corrected chi connectivity index (χ0v) is 3.46. The molecular formula is C3H8NO2. The molecular weight excluding hydrogens is 82.0 g/mol. The third-order valence-corrected chi connectivity index (χ3v) is 0.358. The molecule has 3 heteroatoms. The van der Waals surface area contributed by atoms with Crippen LogP contribution in [0, 0.1) is 0 Å².